The van der Waals surface area contributed by atoms with Crippen LogP contribution in [0.4, 0.5) is 14.5 Å². The minimum Gasteiger partial charge on any atom is -0.335 e. The van der Waals surface area contributed by atoms with Gasteiger partial charge in [0.2, 0.25) is 0 Å². The maximum atomic E-state index is 14.4. The van der Waals surface area contributed by atoms with Crippen molar-refractivity contribution in [3.05, 3.63) is 95.0 Å². The summed E-state index contributed by atoms with van der Waals surface area (Å²) in [5.74, 6) is -2.43. The number of benzene rings is 3. The van der Waals surface area contributed by atoms with Crippen molar-refractivity contribution in [2.75, 3.05) is 5.32 Å². The summed E-state index contributed by atoms with van der Waals surface area (Å²) in [6.45, 7) is 0. The van der Waals surface area contributed by atoms with Crippen LogP contribution in [0.1, 0.15) is 11.3 Å². The molecule has 0 saturated heterocycles. The summed E-state index contributed by atoms with van der Waals surface area (Å²) in [6, 6.07) is 19.2. The first-order valence-electron chi connectivity index (χ1n) is 7.70. The van der Waals surface area contributed by atoms with Crippen LogP contribution in [0.15, 0.2) is 72.8 Å². The first-order valence-corrected chi connectivity index (χ1v) is 9.32. The molecule has 3 rings (SSSR count). The molecule has 0 bridgehead atoms. The van der Waals surface area contributed by atoms with E-state index in [9.17, 15) is 13.3 Å². The van der Waals surface area contributed by atoms with Crippen LogP contribution in [0.5, 0.6) is 5.75 Å². The normalized spacial score (nSPS) is 12.3. The Morgan fingerprint density at radius 3 is 2.19 bits per heavy atom. The average molecular weight is 393 g/mol. The van der Waals surface area contributed by atoms with Crippen molar-refractivity contribution in [3.8, 4) is 5.75 Å². The van der Waals surface area contributed by atoms with Gasteiger partial charge in [-0.1, -0.05) is 48.0 Å². The van der Waals surface area contributed by atoms with Crippen LogP contribution in [0.2, 0.25) is 5.02 Å². The van der Waals surface area contributed by atoms with Gasteiger partial charge in [0.1, 0.15) is 11.6 Å². The van der Waals surface area contributed by atoms with Gasteiger partial charge < -0.3 is 5.32 Å². The molecule has 3 nitrogen and oxygen atoms in total. The molecule has 0 spiro atoms. The lowest BCUT2D eigenvalue weighted by Gasteiger charge is -2.12. The van der Waals surface area contributed by atoms with Crippen molar-refractivity contribution >= 4 is 25.3 Å². The van der Waals surface area contributed by atoms with Gasteiger partial charge in [-0.05, 0) is 34.9 Å². The lowest BCUT2D eigenvalue weighted by atomic mass is 10.2. The molecule has 2 unspecified atom stereocenters. The smallest absolute Gasteiger partial charge is 0.335 e. The number of para-hydroxylation sites is 2. The summed E-state index contributed by atoms with van der Waals surface area (Å²) in [6.07, 6.45) is 0. The van der Waals surface area contributed by atoms with E-state index in [1.807, 2.05) is 6.07 Å². The van der Waals surface area contributed by atoms with Gasteiger partial charge in [-0.2, -0.15) is 0 Å². The van der Waals surface area contributed by atoms with Crippen LogP contribution in [-0.2, 0) is 4.57 Å². The van der Waals surface area contributed by atoms with Gasteiger partial charge in [0.05, 0.1) is 10.6 Å². The Labute approximate surface area is 155 Å². The molecule has 0 aliphatic carbocycles. The third kappa shape index (κ3) is 4.37. The second-order valence-electron chi connectivity index (χ2n) is 5.39. The molecule has 0 heterocycles. The highest BCUT2D eigenvalue weighted by Gasteiger charge is 2.38. The first kappa shape index (κ1) is 18.3. The number of rotatable bonds is 6. The highest BCUT2D eigenvalue weighted by Crippen LogP contribution is 2.44. The molecule has 1 N–H and O–H groups in total. The molecule has 26 heavy (non-hydrogen) atoms. The zero-order valence-electron chi connectivity index (χ0n) is 13.4. The van der Waals surface area contributed by atoms with Crippen molar-refractivity contribution in [3.63, 3.8) is 0 Å². The predicted octanol–water partition coefficient (Wildman–Crippen LogP) is 6.55. The van der Waals surface area contributed by atoms with Crippen molar-refractivity contribution in [1.82, 2.24) is 0 Å². The molecule has 0 amide bonds. The summed E-state index contributed by atoms with van der Waals surface area (Å²) in [5, 5.41) is 2.71. The van der Waals surface area contributed by atoms with E-state index >= 15 is 0 Å². The predicted molar refractivity (Wildman–Crippen MR) is 98.9 cm³/mol. The lowest BCUT2D eigenvalue weighted by molar-refractivity contribution is 0.493. The molecule has 0 fully saturated rings. The van der Waals surface area contributed by atoms with Crippen molar-refractivity contribution in [2.24, 2.45) is 0 Å². The van der Waals surface area contributed by atoms with Crippen molar-refractivity contribution < 1.29 is 17.9 Å². The van der Waals surface area contributed by atoms with Crippen molar-refractivity contribution in [2.45, 2.75) is 5.78 Å². The summed E-state index contributed by atoms with van der Waals surface area (Å²) < 4.78 is 46.2. The van der Waals surface area contributed by atoms with Crippen LogP contribution < -0.4 is 9.84 Å². The van der Waals surface area contributed by atoms with Crippen LogP contribution in [0.3, 0.4) is 0 Å². The fourth-order valence-corrected chi connectivity index (χ4v) is 3.61. The van der Waals surface area contributed by atoms with E-state index in [-0.39, 0.29) is 10.6 Å². The fraction of sp³-hybridized carbons (Fsp3) is 0.0526. The standard InChI is InChI=1S/C19H14ClF2NO2P/c20-16-11-15(17(21)12-18(16)22)19(23-13-7-3-1-4-8-13)26(24)25-14-9-5-2-6-10-14/h1-12,19,23H/q+1. The Morgan fingerprint density at radius 1 is 0.923 bits per heavy atom. The Hall–Kier alpha value is -2.49. The third-order valence-electron chi connectivity index (χ3n) is 3.56. The van der Waals surface area contributed by atoms with E-state index < -0.39 is 25.4 Å². The monoisotopic (exact) mass is 392 g/mol. The van der Waals surface area contributed by atoms with Crippen LogP contribution in [-0.4, -0.2) is 0 Å². The second kappa shape index (κ2) is 8.26. The summed E-state index contributed by atoms with van der Waals surface area (Å²) in [5.41, 5.74) is 0.564. The quantitative estimate of drug-likeness (QED) is 0.382. The van der Waals surface area contributed by atoms with Gasteiger partial charge in [-0.15, -0.1) is 0 Å². The Balaban J connectivity index is 1.96. The fourth-order valence-electron chi connectivity index (χ4n) is 2.32. The molecule has 2 atom stereocenters. The molecule has 7 heteroatoms. The zero-order valence-corrected chi connectivity index (χ0v) is 15.1. The van der Waals surface area contributed by atoms with Gasteiger partial charge in [0.15, 0.2) is 5.75 Å². The van der Waals surface area contributed by atoms with Crippen LogP contribution in [0, 0.1) is 11.6 Å². The molecule has 0 aliphatic rings. The zero-order chi connectivity index (χ0) is 18.5. The summed E-state index contributed by atoms with van der Waals surface area (Å²) in [4.78, 5) is 0. The van der Waals surface area contributed by atoms with Crippen LogP contribution in [0.25, 0.3) is 0 Å². The summed E-state index contributed by atoms with van der Waals surface area (Å²) >= 11 is 5.79. The Bertz CT molecular complexity index is 910. The second-order valence-corrected chi connectivity index (χ2v) is 7.07. The number of hydrogen-bond acceptors (Lipinski definition) is 3. The van der Waals surface area contributed by atoms with Gasteiger partial charge in [-0.3, -0.25) is 4.52 Å². The van der Waals surface area contributed by atoms with Gasteiger partial charge in [0.25, 0.3) is 5.78 Å². The summed E-state index contributed by atoms with van der Waals surface area (Å²) in [7, 11) is -2.44. The third-order valence-corrected chi connectivity index (χ3v) is 5.07. The number of nitrogens with one attached hydrogen (secondary N) is 1. The van der Waals surface area contributed by atoms with E-state index in [4.69, 9.17) is 16.1 Å². The van der Waals surface area contributed by atoms with Crippen LogP contribution >= 0.6 is 19.6 Å². The van der Waals surface area contributed by atoms with Crippen molar-refractivity contribution in [1.29, 1.82) is 0 Å². The van der Waals surface area contributed by atoms with Gasteiger partial charge in [-0.25, -0.2) is 8.78 Å². The minimum absolute atomic E-state index is 0.0442. The number of hydrogen-bond donors (Lipinski definition) is 1. The maximum Gasteiger partial charge on any atom is 0.586 e. The van der Waals surface area contributed by atoms with E-state index in [1.165, 1.54) is 0 Å². The van der Waals surface area contributed by atoms with E-state index in [0.717, 1.165) is 6.07 Å². The van der Waals surface area contributed by atoms with E-state index in [2.05, 4.69) is 5.32 Å². The topological polar surface area (TPSA) is 38.3 Å². The molecule has 0 aliphatic heterocycles. The molecule has 0 radical (unpaired) electrons. The molecule has 3 aromatic carbocycles. The Kier molecular flexibility index (Phi) is 5.82. The number of halogens is 3. The van der Waals surface area contributed by atoms with E-state index in [0.29, 0.717) is 17.5 Å². The number of anilines is 1. The molecule has 0 aromatic heterocycles. The largest absolute Gasteiger partial charge is 0.586 e. The van der Waals surface area contributed by atoms with Gasteiger partial charge in [0, 0.05) is 11.8 Å². The SMILES string of the molecule is O=[P+](Oc1ccccc1)C(Nc1ccccc1)c1cc(Cl)c(F)cc1F. The lowest BCUT2D eigenvalue weighted by Crippen LogP contribution is -2.11. The molecule has 3 aromatic rings. The average Bonchev–Trinajstić information content (AvgIpc) is 2.64. The molecule has 0 saturated carbocycles. The van der Waals surface area contributed by atoms with Gasteiger partial charge >= 0.3 is 8.03 Å². The molecular weight excluding hydrogens is 379 g/mol. The highest BCUT2D eigenvalue weighted by atomic mass is 35.5. The van der Waals surface area contributed by atoms with E-state index in [1.54, 1.807) is 54.6 Å². The maximum absolute atomic E-state index is 14.4. The minimum atomic E-state index is -2.44. The molecule has 132 valence electrons. The highest BCUT2D eigenvalue weighted by molar-refractivity contribution is 7.40. The molecular formula is C19H14ClF2NO2P+. The first-order chi connectivity index (χ1) is 12.5. The Morgan fingerprint density at radius 2 is 1.54 bits per heavy atom.